The van der Waals surface area contributed by atoms with E-state index in [4.69, 9.17) is 0 Å². The highest BCUT2D eigenvalue weighted by Gasteiger charge is 2.20. The van der Waals surface area contributed by atoms with Crippen LogP contribution in [0, 0.1) is 20.8 Å². The van der Waals surface area contributed by atoms with E-state index >= 15 is 0 Å². The lowest BCUT2D eigenvalue weighted by Gasteiger charge is -2.26. The lowest BCUT2D eigenvalue weighted by atomic mass is 10.1. The molecule has 0 unspecified atom stereocenters. The van der Waals surface area contributed by atoms with Crippen LogP contribution in [0.3, 0.4) is 0 Å². The van der Waals surface area contributed by atoms with Crippen LogP contribution in [0.1, 0.15) is 57.4 Å². The standard InChI is InChI=1S/C29H35N3O3S/c1-21-14-22(2)16-27(15-21)31-36(34,35)28-18-26(11-10-23(28)3)29(33)30-19-24-8-7-9-25(17-24)20-32-12-5-4-6-13-32/h7-11,14-18,31H,4-6,12-13,19-20H2,1-3H3,(H,30,33). The van der Waals surface area contributed by atoms with E-state index in [1.807, 2.05) is 32.0 Å². The molecule has 0 saturated carbocycles. The highest BCUT2D eigenvalue weighted by molar-refractivity contribution is 7.92. The Kier molecular flexibility index (Phi) is 8.11. The number of piperidine rings is 1. The molecule has 1 aliphatic heterocycles. The van der Waals surface area contributed by atoms with E-state index < -0.39 is 10.0 Å². The van der Waals surface area contributed by atoms with E-state index in [0.29, 0.717) is 23.4 Å². The van der Waals surface area contributed by atoms with Gasteiger partial charge in [0.15, 0.2) is 0 Å². The maximum Gasteiger partial charge on any atom is 0.262 e. The van der Waals surface area contributed by atoms with Crippen LogP contribution < -0.4 is 10.0 Å². The molecule has 1 aliphatic rings. The number of carbonyl (C=O) groups is 1. The summed E-state index contributed by atoms with van der Waals surface area (Å²) in [6.45, 7) is 9.15. The molecule has 1 fully saturated rings. The molecule has 36 heavy (non-hydrogen) atoms. The molecule has 0 radical (unpaired) electrons. The van der Waals surface area contributed by atoms with Gasteiger partial charge in [-0.05, 0) is 98.8 Å². The molecule has 0 aliphatic carbocycles. The van der Waals surface area contributed by atoms with E-state index in [9.17, 15) is 13.2 Å². The molecule has 1 heterocycles. The highest BCUT2D eigenvalue weighted by Crippen LogP contribution is 2.23. The van der Waals surface area contributed by atoms with Crippen molar-refractivity contribution in [3.05, 3.63) is 94.0 Å². The third-order valence-electron chi connectivity index (χ3n) is 6.51. The van der Waals surface area contributed by atoms with Crippen LogP contribution >= 0.6 is 0 Å². The van der Waals surface area contributed by atoms with Crippen molar-refractivity contribution in [2.45, 2.75) is 58.0 Å². The average Bonchev–Trinajstić information content (AvgIpc) is 2.82. The minimum absolute atomic E-state index is 0.0952. The Morgan fingerprint density at radius 2 is 1.56 bits per heavy atom. The van der Waals surface area contributed by atoms with Gasteiger partial charge >= 0.3 is 0 Å². The SMILES string of the molecule is Cc1cc(C)cc(NS(=O)(=O)c2cc(C(=O)NCc3cccc(CN4CCCCC4)c3)ccc2C)c1. The van der Waals surface area contributed by atoms with Crippen LogP contribution in [0.15, 0.2) is 65.6 Å². The number of rotatable bonds is 8. The summed E-state index contributed by atoms with van der Waals surface area (Å²) in [5.74, 6) is -0.306. The number of likely N-dealkylation sites (tertiary alicyclic amines) is 1. The van der Waals surface area contributed by atoms with Crippen molar-refractivity contribution in [1.29, 1.82) is 0 Å². The monoisotopic (exact) mass is 505 g/mol. The van der Waals surface area contributed by atoms with E-state index in [1.165, 1.54) is 30.9 Å². The molecule has 0 atom stereocenters. The molecule has 6 nitrogen and oxygen atoms in total. The zero-order valence-electron chi connectivity index (χ0n) is 21.3. The largest absolute Gasteiger partial charge is 0.348 e. The third kappa shape index (κ3) is 6.74. The van der Waals surface area contributed by atoms with Crippen LogP contribution in [0.4, 0.5) is 5.69 Å². The van der Waals surface area contributed by atoms with Crippen LogP contribution in [0.5, 0.6) is 0 Å². The van der Waals surface area contributed by atoms with Crippen molar-refractivity contribution in [3.63, 3.8) is 0 Å². The topological polar surface area (TPSA) is 78.5 Å². The zero-order chi connectivity index (χ0) is 25.7. The smallest absolute Gasteiger partial charge is 0.262 e. The average molecular weight is 506 g/mol. The summed E-state index contributed by atoms with van der Waals surface area (Å²) in [5, 5.41) is 2.94. The van der Waals surface area contributed by atoms with Crippen molar-refractivity contribution in [3.8, 4) is 0 Å². The quantitative estimate of drug-likeness (QED) is 0.434. The molecule has 0 spiro atoms. The van der Waals surface area contributed by atoms with Gasteiger partial charge in [-0.2, -0.15) is 0 Å². The maximum absolute atomic E-state index is 13.2. The normalized spacial score (nSPS) is 14.4. The predicted molar refractivity (Wildman–Crippen MR) is 145 cm³/mol. The van der Waals surface area contributed by atoms with Gasteiger partial charge in [0.1, 0.15) is 0 Å². The maximum atomic E-state index is 13.2. The Bertz CT molecular complexity index is 1330. The van der Waals surface area contributed by atoms with Crippen LogP contribution in [0.25, 0.3) is 0 Å². The fourth-order valence-electron chi connectivity index (χ4n) is 4.77. The first kappa shape index (κ1) is 25.9. The third-order valence-corrected chi connectivity index (χ3v) is 8.04. The second-order valence-corrected chi connectivity index (χ2v) is 11.5. The van der Waals surface area contributed by atoms with Gasteiger partial charge in [-0.15, -0.1) is 0 Å². The lowest BCUT2D eigenvalue weighted by molar-refractivity contribution is 0.0950. The second-order valence-electron chi connectivity index (χ2n) is 9.80. The molecular weight excluding hydrogens is 470 g/mol. The second kappa shape index (κ2) is 11.3. The van der Waals surface area contributed by atoms with Gasteiger partial charge in [-0.25, -0.2) is 8.42 Å². The van der Waals surface area contributed by atoms with E-state index in [-0.39, 0.29) is 10.8 Å². The molecule has 4 rings (SSSR count). The summed E-state index contributed by atoms with van der Waals surface area (Å²) in [6, 6.07) is 18.6. The first-order valence-electron chi connectivity index (χ1n) is 12.5. The number of anilines is 1. The first-order valence-corrected chi connectivity index (χ1v) is 14.0. The van der Waals surface area contributed by atoms with Gasteiger partial charge in [0.05, 0.1) is 4.90 Å². The number of nitrogens with one attached hydrogen (secondary N) is 2. The summed E-state index contributed by atoms with van der Waals surface area (Å²) >= 11 is 0. The zero-order valence-corrected chi connectivity index (χ0v) is 22.1. The molecule has 2 N–H and O–H groups in total. The molecule has 1 saturated heterocycles. The molecule has 0 aromatic heterocycles. The van der Waals surface area contributed by atoms with Crippen LogP contribution in [-0.4, -0.2) is 32.3 Å². The van der Waals surface area contributed by atoms with Crippen molar-refractivity contribution < 1.29 is 13.2 Å². The Labute approximate surface area is 214 Å². The van der Waals surface area contributed by atoms with Crippen molar-refractivity contribution >= 4 is 21.6 Å². The Morgan fingerprint density at radius 3 is 2.28 bits per heavy atom. The first-order chi connectivity index (χ1) is 17.2. The molecule has 190 valence electrons. The molecule has 1 amide bonds. The highest BCUT2D eigenvalue weighted by atomic mass is 32.2. The van der Waals surface area contributed by atoms with Crippen molar-refractivity contribution in [2.75, 3.05) is 17.8 Å². The number of carbonyl (C=O) groups excluding carboxylic acids is 1. The van der Waals surface area contributed by atoms with Gasteiger partial charge in [0, 0.05) is 24.3 Å². The van der Waals surface area contributed by atoms with Gasteiger partial charge in [-0.3, -0.25) is 14.4 Å². The Hall–Kier alpha value is -3.16. The molecule has 0 bridgehead atoms. The van der Waals surface area contributed by atoms with Crippen LogP contribution in [0.2, 0.25) is 0 Å². The number of hydrogen-bond donors (Lipinski definition) is 2. The van der Waals surface area contributed by atoms with E-state index in [1.54, 1.807) is 31.2 Å². The minimum atomic E-state index is -3.86. The number of aryl methyl sites for hydroxylation is 3. The molecule has 3 aromatic carbocycles. The van der Waals surface area contributed by atoms with Crippen LogP contribution in [-0.2, 0) is 23.1 Å². The lowest BCUT2D eigenvalue weighted by Crippen LogP contribution is -2.29. The van der Waals surface area contributed by atoms with Gasteiger partial charge in [0.25, 0.3) is 15.9 Å². The predicted octanol–water partition coefficient (Wildman–Crippen LogP) is 5.33. The summed E-state index contributed by atoms with van der Waals surface area (Å²) in [6.07, 6.45) is 3.82. The number of amides is 1. The Morgan fingerprint density at radius 1 is 0.861 bits per heavy atom. The van der Waals surface area contributed by atoms with E-state index in [0.717, 1.165) is 36.3 Å². The van der Waals surface area contributed by atoms with E-state index in [2.05, 4.69) is 27.1 Å². The van der Waals surface area contributed by atoms with Gasteiger partial charge < -0.3 is 5.32 Å². The summed E-state index contributed by atoms with van der Waals surface area (Å²) in [5.41, 5.74) is 5.60. The summed E-state index contributed by atoms with van der Waals surface area (Å²) in [7, 11) is -3.86. The van der Waals surface area contributed by atoms with Gasteiger partial charge in [-0.1, -0.05) is 42.8 Å². The molecule has 7 heteroatoms. The van der Waals surface area contributed by atoms with Crippen molar-refractivity contribution in [2.24, 2.45) is 0 Å². The fraction of sp³-hybridized carbons (Fsp3) is 0.345. The summed E-state index contributed by atoms with van der Waals surface area (Å²) < 4.78 is 29.0. The molecular formula is C29H35N3O3S. The van der Waals surface area contributed by atoms with Crippen molar-refractivity contribution in [1.82, 2.24) is 10.2 Å². The number of sulfonamides is 1. The minimum Gasteiger partial charge on any atom is -0.348 e. The Balaban J connectivity index is 1.44. The fourth-order valence-corrected chi connectivity index (χ4v) is 6.08. The number of hydrogen-bond acceptors (Lipinski definition) is 4. The van der Waals surface area contributed by atoms with Gasteiger partial charge in [0.2, 0.25) is 0 Å². The summed E-state index contributed by atoms with van der Waals surface area (Å²) in [4.78, 5) is 15.5. The number of benzene rings is 3. The number of nitrogens with zero attached hydrogens (tertiary/aromatic N) is 1. The molecule has 3 aromatic rings.